The van der Waals surface area contributed by atoms with E-state index in [1.54, 1.807) is 0 Å². The largest absolute Gasteiger partial charge is 0.495 e. The minimum absolute atomic E-state index is 0.179. The van der Waals surface area contributed by atoms with Crippen molar-refractivity contribution < 1.29 is 14.2 Å². The summed E-state index contributed by atoms with van der Waals surface area (Å²) in [6.07, 6.45) is 0. The summed E-state index contributed by atoms with van der Waals surface area (Å²) in [6.45, 7) is -0.334. The molecule has 3 N–H and O–H groups in total. The summed E-state index contributed by atoms with van der Waals surface area (Å²) in [5, 5.41) is 9.04. The lowest BCUT2D eigenvalue weighted by Crippen LogP contribution is -2.16. The SMILES string of the molecule is COc1cc(F)c(C(N)CO)cc1Cl. The molecule has 0 aromatic heterocycles. The predicted octanol–water partition coefficient (Wildman–Crippen LogP) is 1.48. The van der Waals surface area contributed by atoms with Gasteiger partial charge in [0.1, 0.15) is 11.6 Å². The fourth-order valence-electron chi connectivity index (χ4n) is 1.08. The molecule has 1 unspecified atom stereocenters. The zero-order chi connectivity index (χ0) is 10.7. The van der Waals surface area contributed by atoms with Crippen molar-refractivity contribution in [1.82, 2.24) is 0 Å². The van der Waals surface area contributed by atoms with Gasteiger partial charge in [0.2, 0.25) is 0 Å². The molecule has 1 rings (SSSR count). The van der Waals surface area contributed by atoms with Gasteiger partial charge < -0.3 is 15.6 Å². The summed E-state index contributed by atoms with van der Waals surface area (Å²) in [4.78, 5) is 0. The average Bonchev–Trinajstić information content (AvgIpc) is 2.19. The van der Waals surface area contributed by atoms with Crippen LogP contribution >= 0.6 is 11.6 Å². The molecule has 0 saturated carbocycles. The molecule has 0 radical (unpaired) electrons. The summed E-state index contributed by atoms with van der Waals surface area (Å²) >= 11 is 5.77. The topological polar surface area (TPSA) is 55.5 Å². The van der Waals surface area contributed by atoms with Crippen molar-refractivity contribution in [3.8, 4) is 5.75 Å². The van der Waals surface area contributed by atoms with Crippen molar-refractivity contribution in [1.29, 1.82) is 0 Å². The number of hydrogen-bond acceptors (Lipinski definition) is 3. The molecule has 0 bridgehead atoms. The van der Waals surface area contributed by atoms with E-state index in [1.165, 1.54) is 13.2 Å². The fourth-order valence-corrected chi connectivity index (χ4v) is 1.33. The van der Waals surface area contributed by atoms with E-state index in [0.29, 0.717) is 0 Å². The predicted molar refractivity (Wildman–Crippen MR) is 52.0 cm³/mol. The molecule has 5 heteroatoms. The van der Waals surface area contributed by atoms with Crippen LogP contribution in [-0.4, -0.2) is 18.8 Å². The van der Waals surface area contributed by atoms with Gasteiger partial charge >= 0.3 is 0 Å². The Kier molecular flexibility index (Phi) is 3.69. The molecule has 1 atom stereocenters. The van der Waals surface area contributed by atoms with E-state index in [-0.39, 0.29) is 22.9 Å². The first-order chi connectivity index (χ1) is 6.60. The van der Waals surface area contributed by atoms with Gasteiger partial charge in [-0.15, -0.1) is 0 Å². The molecule has 0 aliphatic rings. The number of benzene rings is 1. The zero-order valence-corrected chi connectivity index (χ0v) is 8.38. The normalized spacial score (nSPS) is 12.6. The van der Waals surface area contributed by atoms with Crippen LogP contribution in [0, 0.1) is 5.82 Å². The Bertz CT molecular complexity index is 333. The van der Waals surface area contributed by atoms with Crippen LogP contribution in [0.1, 0.15) is 11.6 Å². The Hall–Kier alpha value is -0.840. The lowest BCUT2D eigenvalue weighted by molar-refractivity contribution is 0.265. The third-order valence-corrected chi connectivity index (χ3v) is 2.16. The summed E-state index contributed by atoms with van der Waals surface area (Å²) in [5.74, 6) is -0.286. The maximum absolute atomic E-state index is 13.3. The third kappa shape index (κ3) is 2.15. The number of ether oxygens (including phenoxy) is 1. The second kappa shape index (κ2) is 4.59. The van der Waals surface area contributed by atoms with E-state index >= 15 is 0 Å². The van der Waals surface area contributed by atoms with E-state index in [1.807, 2.05) is 0 Å². The molecule has 0 aliphatic heterocycles. The number of nitrogens with two attached hydrogens (primary N) is 1. The highest BCUT2D eigenvalue weighted by Gasteiger charge is 2.14. The summed E-state index contributed by atoms with van der Waals surface area (Å²) in [5.41, 5.74) is 5.65. The minimum atomic E-state index is -0.765. The van der Waals surface area contributed by atoms with Gasteiger partial charge in [0.25, 0.3) is 0 Å². The van der Waals surface area contributed by atoms with Crippen LogP contribution in [0.3, 0.4) is 0 Å². The highest BCUT2D eigenvalue weighted by atomic mass is 35.5. The van der Waals surface area contributed by atoms with E-state index in [2.05, 4.69) is 0 Å². The molecule has 0 aliphatic carbocycles. The van der Waals surface area contributed by atoms with Crippen LogP contribution in [0.4, 0.5) is 4.39 Å². The second-order valence-corrected chi connectivity index (χ2v) is 3.20. The van der Waals surface area contributed by atoms with Crippen LogP contribution in [0.25, 0.3) is 0 Å². The molecule has 0 fully saturated rings. The van der Waals surface area contributed by atoms with Gasteiger partial charge in [-0.2, -0.15) is 0 Å². The van der Waals surface area contributed by atoms with E-state index < -0.39 is 11.9 Å². The number of aliphatic hydroxyl groups excluding tert-OH is 1. The van der Waals surface area contributed by atoms with Crippen LogP contribution < -0.4 is 10.5 Å². The smallest absolute Gasteiger partial charge is 0.140 e. The molecule has 14 heavy (non-hydrogen) atoms. The van der Waals surface area contributed by atoms with Gasteiger partial charge in [-0.3, -0.25) is 0 Å². The molecule has 0 saturated heterocycles. The first kappa shape index (κ1) is 11.2. The molecular formula is C9H11ClFNO2. The van der Waals surface area contributed by atoms with Crippen LogP contribution in [0.15, 0.2) is 12.1 Å². The number of methoxy groups -OCH3 is 1. The maximum atomic E-state index is 13.3. The monoisotopic (exact) mass is 219 g/mol. The van der Waals surface area contributed by atoms with Crippen molar-refractivity contribution in [3.05, 3.63) is 28.5 Å². The Morgan fingerprint density at radius 1 is 1.64 bits per heavy atom. The summed E-state index contributed by atoms with van der Waals surface area (Å²) in [6, 6.07) is 1.74. The standard InChI is InChI=1S/C9H11ClFNO2/c1-14-9-3-7(11)5(2-6(9)10)8(12)4-13/h2-3,8,13H,4,12H2,1H3. The van der Waals surface area contributed by atoms with Gasteiger partial charge in [0, 0.05) is 11.6 Å². The highest BCUT2D eigenvalue weighted by Crippen LogP contribution is 2.29. The fraction of sp³-hybridized carbons (Fsp3) is 0.333. The van der Waals surface area contributed by atoms with E-state index in [0.717, 1.165) is 6.07 Å². The number of rotatable bonds is 3. The van der Waals surface area contributed by atoms with Crippen LogP contribution in [-0.2, 0) is 0 Å². The first-order valence-corrected chi connectivity index (χ1v) is 4.37. The molecular weight excluding hydrogens is 209 g/mol. The lowest BCUT2D eigenvalue weighted by atomic mass is 10.1. The Morgan fingerprint density at radius 3 is 2.79 bits per heavy atom. The zero-order valence-electron chi connectivity index (χ0n) is 7.63. The van der Waals surface area contributed by atoms with Crippen molar-refractivity contribution >= 4 is 11.6 Å². The molecule has 0 heterocycles. The van der Waals surface area contributed by atoms with Gasteiger partial charge in [-0.1, -0.05) is 11.6 Å². The molecule has 78 valence electrons. The van der Waals surface area contributed by atoms with E-state index in [4.69, 9.17) is 27.2 Å². The van der Waals surface area contributed by atoms with Crippen molar-refractivity contribution in [2.24, 2.45) is 5.73 Å². The van der Waals surface area contributed by atoms with Crippen molar-refractivity contribution in [2.45, 2.75) is 6.04 Å². The number of aliphatic hydroxyl groups is 1. The first-order valence-electron chi connectivity index (χ1n) is 3.99. The second-order valence-electron chi connectivity index (χ2n) is 2.80. The van der Waals surface area contributed by atoms with Gasteiger partial charge in [0.05, 0.1) is 24.8 Å². The van der Waals surface area contributed by atoms with Crippen LogP contribution in [0.5, 0.6) is 5.75 Å². The van der Waals surface area contributed by atoms with E-state index in [9.17, 15) is 4.39 Å². The van der Waals surface area contributed by atoms with Gasteiger partial charge in [-0.25, -0.2) is 4.39 Å². The van der Waals surface area contributed by atoms with Crippen LogP contribution in [0.2, 0.25) is 5.02 Å². The lowest BCUT2D eigenvalue weighted by Gasteiger charge is -2.12. The molecule has 0 spiro atoms. The maximum Gasteiger partial charge on any atom is 0.140 e. The molecule has 1 aromatic rings. The number of hydrogen-bond donors (Lipinski definition) is 2. The third-order valence-electron chi connectivity index (χ3n) is 1.87. The molecule has 3 nitrogen and oxygen atoms in total. The number of halogens is 2. The Labute approximate surface area is 86.2 Å². The van der Waals surface area contributed by atoms with Crippen molar-refractivity contribution in [3.63, 3.8) is 0 Å². The van der Waals surface area contributed by atoms with Gasteiger partial charge in [0.15, 0.2) is 0 Å². The Balaban J connectivity index is 3.14. The molecule has 1 aromatic carbocycles. The Morgan fingerprint density at radius 2 is 2.29 bits per heavy atom. The molecule has 0 amide bonds. The summed E-state index contributed by atoms with van der Waals surface area (Å²) in [7, 11) is 1.40. The highest BCUT2D eigenvalue weighted by molar-refractivity contribution is 6.32. The van der Waals surface area contributed by atoms with Crippen molar-refractivity contribution in [2.75, 3.05) is 13.7 Å². The van der Waals surface area contributed by atoms with Gasteiger partial charge in [-0.05, 0) is 6.07 Å². The summed E-state index contributed by atoms with van der Waals surface area (Å²) < 4.78 is 18.1. The quantitative estimate of drug-likeness (QED) is 0.810. The minimum Gasteiger partial charge on any atom is -0.495 e. The average molecular weight is 220 g/mol.